The van der Waals surface area contributed by atoms with Crippen LogP contribution in [0.2, 0.25) is 0 Å². The van der Waals surface area contributed by atoms with E-state index < -0.39 is 6.04 Å². The van der Waals surface area contributed by atoms with Crippen LogP contribution in [-0.2, 0) is 4.79 Å². The molecule has 11 heteroatoms. The Morgan fingerprint density at radius 3 is 2.52 bits per heavy atom. The van der Waals surface area contributed by atoms with E-state index in [4.69, 9.17) is 16.2 Å². The summed E-state index contributed by atoms with van der Waals surface area (Å²) in [7, 11) is 1.54. The van der Waals surface area contributed by atoms with Gasteiger partial charge in [0.05, 0.1) is 24.4 Å². The smallest absolute Gasteiger partial charge is 0.253 e. The van der Waals surface area contributed by atoms with Gasteiger partial charge in [0.25, 0.3) is 5.91 Å². The van der Waals surface area contributed by atoms with Gasteiger partial charge in [-0.2, -0.15) is 5.10 Å². The molecular weight excluding hydrogens is 424 g/mol. The number of anilines is 1. The number of carbonyl (C=O) groups excluding carboxylic acids is 2. The van der Waals surface area contributed by atoms with Gasteiger partial charge in [0.15, 0.2) is 5.82 Å². The van der Waals surface area contributed by atoms with Crippen LogP contribution in [0.3, 0.4) is 0 Å². The van der Waals surface area contributed by atoms with Gasteiger partial charge in [0.1, 0.15) is 11.8 Å². The Labute approximate surface area is 190 Å². The normalized spacial score (nSPS) is 19.1. The topological polar surface area (TPSA) is 163 Å². The van der Waals surface area contributed by atoms with E-state index in [1.54, 1.807) is 29.8 Å². The van der Waals surface area contributed by atoms with Gasteiger partial charge in [0.2, 0.25) is 11.8 Å². The molecule has 1 atom stereocenters. The highest BCUT2D eigenvalue weighted by molar-refractivity contribution is 6.05. The van der Waals surface area contributed by atoms with Crippen molar-refractivity contribution in [1.82, 2.24) is 30.2 Å². The monoisotopic (exact) mass is 452 g/mol. The first-order valence-corrected chi connectivity index (χ1v) is 10.9. The van der Waals surface area contributed by atoms with Crippen molar-refractivity contribution in [2.45, 2.75) is 50.7 Å². The van der Waals surface area contributed by atoms with Gasteiger partial charge >= 0.3 is 0 Å². The van der Waals surface area contributed by atoms with Crippen LogP contribution < -0.4 is 26.8 Å². The molecule has 11 nitrogen and oxygen atoms in total. The molecule has 2 amide bonds. The highest BCUT2D eigenvalue weighted by atomic mass is 16.5. The molecule has 0 radical (unpaired) electrons. The summed E-state index contributed by atoms with van der Waals surface area (Å²) in [5.74, 6) is 0.260. The molecule has 0 aliphatic heterocycles. The molecular formula is C22H28N8O3. The number of nitrogen functional groups attached to an aromatic ring is 1. The third kappa shape index (κ3) is 4.72. The number of hydrogen-bond acceptors (Lipinski definition) is 8. The molecule has 0 aromatic carbocycles. The Hall–Kier alpha value is -3.73. The van der Waals surface area contributed by atoms with Gasteiger partial charge in [-0.1, -0.05) is 0 Å². The first kappa shape index (κ1) is 22.5. The van der Waals surface area contributed by atoms with Gasteiger partial charge in [-0.05, 0) is 44.7 Å². The molecule has 0 bridgehead atoms. The van der Waals surface area contributed by atoms with Crippen molar-refractivity contribution in [3.05, 3.63) is 36.3 Å². The minimum atomic E-state index is -0.534. The Balaban J connectivity index is 1.54. The molecule has 1 aliphatic carbocycles. The third-order valence-electron chi connectivity index (χ3n) is 5.89. The van der Waals surface area contributed by atoms with Crippen LogP contribution in [0.15, 0.2) is 30.7 Å². The number of ether oxygens (including phenoxy) is 1. The van der Waals surface area contributed by atoms with E-state index in [-0.39, 0.29) is 29.7 Å². The summed E-state index contributed by atoms with van der Waals surface area (Å²) in [6.45, 7) is 1.66. The molecule has 1 fully saturated rings. The number of pyridine rings is 1. The molecule has 0 saturated heterocycles. The molecule has 6 N–H and O–H groups in total. The van der Waals surface area contributed by atoms with Crippen LogP contribution in [0.5, 0.6) is 5.88 Å². The lowest BCUT2D eigenvalue weighted by molar-refractivity contribution is -0.122. The van der Waals surface area contributed by atoms with Crippen molar-refractivity contribution < 1.29 is 14.3 Å². The van der Waals surface area contributed by atoms with Crippen LogP contribution in [0, 0.1) is 0 Å². The molecule has 3 heterocycles. The second-order valence-electron chi connectivity index (χ2n) is 8.26. The van der Waals surface area contributed by atoms with Crippen molar-refractivity contribution in [2.24, 2.45) is 5.73 Å². The number of rotatable bonds is 6. The van der Waals surface area contributed by atoms with Gasteiger partial charge in [-0.25, -0.2) is 14.5 Å². The van der Waals surface area contributed by atoms with Crippen molar-refractivity contribution in [3.63, 3.8) is 0 Å². The number of aromatic nitrogens is 4. The van der Waals surface area contributed by atoms with Crippen molar-refractivity contribution in [3.8, 4) is 17.1 Å². The number of fused-ring (bicyclic) bond motifs is 1. The fraction of sp³-hybridized carbons (Fsp3) is 0.409. The van der Waals surface area contributed by atoms with Crippen LogP contribution in [0.1, 0.15) is 43.0 Å². The van der Waals surface area contributed by atoms with E-state index in [9.17, 15) is 9.59 Å². The first-order chi connectivity index (χ1) is 15.9. The maximum Gasteiger partial charge on any atom is 0.253 e. The number of hydrogen-bond donors (Lipinski definition) is 4. The summed E-state index contributed by atoms with van der Waals surface area (Å²) in [6.07, 6.45) is 6.02. The van der Waals surface area contributed by atoms with Crippen LogP contribution >= 0.6 is 0 Å². The van der Waals surface area contributed by atoms with Crippen LogP contribution in [0.25, 0.3) is 16.8 Å². The second-order valence-corrected chi connectivity index (χ2v) is 8.26. The maximum atomic E-state index is 13.2. The fourth-order valence-corrected chi connectivity index (χ4v) is 4.10. The van der Waals surface area contributed by atoms with Gasteiger partial charge < -0.3 is 26.8 Å². The third-order valence-corrected chi connectivity index (χ3v) is 5.89. The number of nitrogens with two attached hydrogens (primary N) is 2. The Kier molecular flexibility index (Phi) is 6.40. The van der Waals surface area contributed by atoms with E-state index in [0.29, 0.717) is 22.7 Å². The lowest BCUT2D eigenvalue weighted by Gasteiger charge is -2.30. The average Bonchev–Trinajstić information content (AvgIpc) is 3.21. The van der Waals surface area contributed by atoms with Crippen LogP contribution in [-0.4, -0.2) is 56.6 Å². The largest absolute Gasteiger partial charge is 0.481 e. The summed E-state index contributed by atoms with van der Waals surface area (Å²) < 4.78 is 6.83. The zero-order valence-corrected chi connectivity index (χ0v) is 18.6. The Bertz CT molecular complexity index is 1170. The molecule has 1 aliphatic rings. The molecule has 3 aromatic rings. The summed E-state index contributed by atoms with van der Waals surface area (Å²) in [4.78, 5) is 33.3. The average molecular weight is 453 g/mol. The summed E-state index contributed by atoms with van der Waals surface area (Å²) in [5, 5.41) is 10.4. The summed E-state index contributed by atoms with van der Waals surface area (Å²) in [5.41, 5.74) is 14.0. The predicted octanol–water partition coefficient (Wildman–Crippen LogP) is 0.887. The molecule has 4 rings (SSSR count). The number of nitrogens with zero attached hydrogens (tertiary/aromatic N) is 4. The zero-order valence-electron chi connectivity index (χ0n) is 18.6. The van der Waals surface area contributed by atoms with Gasteiger partial charge in [-0.3, -0.25) is 9.59 Å². The molecule has 33 heavy (non-hydrogen) atoms. The minimum absolute atomic E-state index is 0.00812. The van der Waals surface area contributed by atoms with E-state index in [1.807, 2.05) is 6.07 Å². The first-order valence-electron chi connectivity index (χ1n) is 10.9. The van der Waals surface area contributed by atoms with E-state index in [1.165, 1.54) is 13.4 Å². The molecule has 174 valence electrons. The SMILES string of the molecule is COc1cc(-c2cc(C(=O)N[C@H]3CC[C@H](NC(=O)[C@@H](C)N)CC3)c3c(N)ncnn23)ccn1. The Morgan fingerprint density at radius 1 is 1.15 bits per heavy atom. The molecule has 0 unspecified atom stereocenters. The Morgan fingerprint density at radius 2 is 1.85 bits per heavy atom. The lowest BCUT2D eigenvalue weighted by atomic mass is 9.90. The highest BCUT2D eigenvalue weighted by Crippen LogP contribution is 2.29. The number of amides is 2. The van der Waals surface area contributed by atoms with Crippen molar-refractivity contribution in [2.75, 3.05) is 12.8 Å². The summed E-state index contributed by atoms with van der Waals surface area (Å²) >= 11 is 0. The molecule has 1 saturated carbocycles. The highest BCUT2D eigenvalue weighted by Gasteiger charge is 2.27. The van der Waals surface area contributed by atoms with E-state index in [0.717, 1.165) is 31.2 Å². The van der Waals surface area contributed by atoms with Crippen LogP contribution in [0.4, 0.5) is 5.82 Å². The number of carbonyl (C=O) groups is 2. The quantitative estimate of drug-likeness (QED) is 0.428. The zero-order chi connectivity index (χ0) is 23.5. The van der Waals surface area contributed by atoms with Crippen molar-refractivity contribution in [1.29, 1.82) is 0 Å². The lowest BCUT2D eigenvalue weighted by Crippen LogP contribution is -2.47. The van der Waals surface area contributed by atoms with Gasteiger partial charge in [-0.15, -0.1) is 0 Å². The van der Waals surface area contributed by atoms with Gasteiger partial charge in [0, 0.05) is 29.9 Å². The minimum Gasteiger partial charge on any atom is -0.481 e. The molecule has 3 aromatic heterocycles. The van der Waals surface area contributed by atoms with E-state index in [2.05, 4.69) is 25.7 Å². The predicted molar refractivity (Wildman–Crippen MR) is 122 cm³/mol. The number of methoxy groups -OCH3 is 1. The maximum absolute atomic E-state index is 13.2. The van der Waals surface area contributed by atoms with Crippen molar-refractivity contribution >= 4 is 23.1 Å². The number of nitrogens with one attached hydrogen (secondary N) is 2. The fourth-order valence-electron chi connectivity index (χ4n) is 4.10. The molecule has 0 spiro atoms. The van der Waals surface area contributed by atoms with E-state index >= 15 is 0 Å². The standard InChI is InChI=1S/C22H28N8O3/c1-12(23)21(31)28-14-3-5-15(6-4-14)29-22(32)16-10-17(13-7-8-25-18(9-13)33-2)30-19(16)20(24)26-11-27-30/h7-12,14-15H,3-6,23H2,1-2H3,(H,28,31)(H,29,32)(H2,24,26,27)/t12-,14-,15-/m1/s1. The second kappa shape index (κ2) is 9.41. The summed E-state index contributed by atoms with van der Waals surface area (Å²) in [6, 6.07) is 4.85.